The van der Waals surface area contributed by atoms with Crippen molar-refractivity contribution in [2.24, 2.45) is 0 Å². The molecule has 5 nitrogen and oxygen atoms in total. The molecule has 0 bridgehead atoms. The molecule has 17 heavy (non-hydrogen) atoms. The van der Waals surface area contributed by atoms with Crippen molar-refractivity contribution in [3.8, 4) is 0 Å². The van der Waals surface area contributed by atoms with Crippen molar-refractivity contribution in [3.05, 3.63) is 28.0 Å². The number of aromatic nitrogens is 1. The minimum absolute atomic E-state index is 0.0396. The standard InChI is InChI=1S/C9H10Cl2N2O3S/c1-17(15,16)3-2-12-9(14)6-4-7(10)8(11)13-5-6/h4-5H,2-3H2,1H3,(H,12,14). The van der Waals surface area contributed by atoms with Crippen LogP contribution in [0.1, 0.15) is 10.4 Å². The molecule has 0 spiro atoms. The van der Waals surface area contributed by atoms with Crippen molar-refractivity contribution in [2.75, 3.05) is 18.6 Å². The third kappa shape index (κ3) is 4.89. The molecule has 0 aliphatic heterocycles. The fourth-order valence-electron chi connectivity index (χ4n) is 0.997. The van der Waals surface area contributed by atoms with Crippen LogP contribution in [0.2, 0.25) is 10.2 Å². The van der Waals surface area contributed by atoms with Crippen LogP contribution < -0.4 is 5.32 Å². The molecule has 94 valence electrons. The fraction of sp³-hybridized carbons (Fsp3) is 0.333. The van der Waals surface area contributed by atoms with Crippen molar-refractivity contribution < 1.29 is 13.2 Å². The molecule has 1 N–H and O–H groups in total. The van der Waals surface area contributed by atoms with Crippen LogP contribution >= 0.6 is 23.2 Å². The zero-order chi connectivity index (χ0) is 13.1. The van der Waals surface area contributed by atoms with Crippen molar-refractivity contribution in [1.82, 2.24) is 10.3 Å². The molecule has 1 aromatic heterocycles. The molecule has 0 radical (unpaired) electrons. The topological polar surface area (TPSA) is 76.1 Å². The molecule has 1 rings (SSSR count). The highest BCUT2D eigenvalue weighted by molar-refractivity contribution is 7.90. The van der Waals surface area contributed by atoms with Crippen LogP contribution in [-0.2, 0) is 9.84 Å². The van der Waals surface area contributed by atoms with E-state index < -0.39 is 15.7 Å². The highest BCUT2D eigenvalue weighted by Gasteiger charge is 2.09. The van der Waals surface area contributed by atoms with Gasteiger partial charge in [-0.25, -0.2) is 13.4 Å². The Kier molecular flexibility index (Phi) is 4.73. The molecule has 0 fully saturated rings. The maximum Gasteiger partial charge on any atom is 0.252 e. The quantitative estimate of drug-likeness (QED) is 0.846. The third-order valence-electron chi connectivity index (χ3n) is 1.82. The van der Waals surface area contributed by atoms with Gasteiger partial charge in [0.25, 0.3) is 5.91 Å². The Bertz CT molecular complexity index is 531. The van der Waals surface area contributed by atoms with Crippen LogP contribution in [0.5, 0.6) is 0 Å². The number of sulfone groups is 1. The Morgan fingerprint density at radius 2 is 2.12 bits per heavy atom. The molecule has 0 unspecified atom stereocenters. The summed E-state index contributed by atoms with van der Waals surface area (Å²) in [6.07, 6.45) is 2.36. The lowest BCUT2D eigenvalue weighted by molar-refractivity contribution is 0.0956. The van der Waals surface area contributed by atoms with Crippen molar-refractivity contribution in [2.45, 2.75) is 0 Å². The van der Waals surface area contributed by atoms with Crippen LogP contribution in [0.4, 0.5) is 0 Å². The summed E-state index contributed by atoms with van der Waals surface area (Å²) in [6, 6.07) is 1.37. The fourth-order valence-corrected chi connectivity index (χ4v) is 1.74. The summed E-state index contributed by atoms with van der Waals surface area (Å²) in [7, 11) is -3.09. The van der Waals surface area contributed by atoms with Gasteiger partial charge in [-0.1, -0.05) is 23.2 Å². The minimum atomic E-state index is -3.09. The first-order valence-corrected chi connectivity index (χ1v) is 7.38. The van der Waals surface area contributed by atoms with Gasteiger partial charge < -0.3 is 5.32 Å². The number of hydrogen-bond acceptors (Lipinski definition) is 4. The molecule has 0 saturated heterocycles. The van der Waals surface area contributed by atoms with Crippen LogP contribution in [0.25, 0.3) is 0 Å². The van der Waals surface area contributed by atoms with Gasteiger partial charge in [0.05, 0.1) is 16.3 Å². The summed E-state index contributed by atoms with van der Waals surface area (Å²) in [5, 5.41) is 2.72. The minimum Gasteiger partial charge on any atom is -0.351 e. The number of carbonyl (C=O) groups is 1. The van der Waals surface area contributed by atoms with Crippen LogP contribution in [-0.4, -0.2) is 37.9 Å². The van der Waals surface area contributed by atoms with E-state index in [0.717, 1.165) is 6.26 Å². The number of nitrogens with one attached hydrogen (secondary N) is 1. The lowest BCUT2D eigenvalue weighted by atomic mass is 10.3. The van der Waals surface area contributed by atoms with E-state index in [1.54, 1.807) is 0 Å². The first-order valence-electron chi connectivity index (χ1n) is 4.56. The Balaban J connectivity index is 2.61. The second-order valence-corrected chi connectivity index (χ2v) is 6.41. The van der Waals surface area contributed by atoms with Gasteiger partial charge in [-0.05, 0) is 6.07 Å². The van der Waals surface area contributed by atoms with Crippen LogP contribution in [0.3, 0.4) is 0 Å². The molecule has 1 aromatic rings. The zero-order valence-corrected chi connectivity index (χ0v) is 11.2. The van der Waals surface area contributed by atoms with Crippen molar-refractivity contribution in [3.63, 3.8) is 0 Å². The molecule has 1 heterocycles. The van der Waals surface area contributed by atoms with Gasteiger partial charge in [-0.15, -0.1) is 0 Å². The summed E-state index contributed by atoms with van der Waals surface area (Å²) in [5.74, 6) is -0.562. The van der Waals surface area contributed by atoms with Gasteiger partial charge in [0.15, 0.2) is 0 Å². The number of rotatable bonds is 4. The first-order chi connectivity index (χ1) is 7.79. The van der Waals surface area contributed by atoms with E-state index in [4.69, 9.17) is 23.2 Å². The highest BCUT2D eigenvalue weighted by atomic mass is 35.5. The normalized spacial score (nSPS) is 11.2. The lowest BCUT2D eigenvalue weighted by Gasteiger charge is -2.04. The summed E-state index contributed by atoms with van der Waals surface area (Å²) in [5.41, 5.74) is 0.230. The van der Waals surface area contributed by atoms with E-state index in [9.17, 15) is 13.2 Å². The summed E-state index contributed by atoms with van der Waals surface area (Å²) in [4.78, 5) is 15.3. The lowest BCUT2D eigenvalue weighted by Crippen LogP contribution is -2.28. The van der Waals surface area contributed by atoms with Gasteiger partial charge in [-0.2, -0.15) is 0 Å². The summed E-state index contributed by atoms with van der Waals surface area (Å²) >= 11 is 11.3. The first kappa shape index (κ1) is 14.2. The largest absolute Gasteiger partial charge is 0.351 e. The Labute approximate surface area is 109 Å². The second-order valence-electron chi connectivity index (χ2n) is 3.38. The highest BCUT2D eigenvalue weighted by Crippen LogP contribution is 2.19. The Morgan fingerprint density at radius 1 is 1.47 bits per heavy atom. The SMILES string of the molecule is CS(=O)(=O)CCNC(=O)c1cnc(Cl)c(Cl)c1. The summed E-state index contributed by atoms with van der Waals surface area (Å²) in [6.45, 7) is 0.0396. The molecule has 0 atom stereocenters. The monoisotopic (exact) mass is 296 g/mol. The smallest absolute Gasteiger partial charge is 0.252 e. The van der Waals surface area contributed by atoms with Crippen molar-refractivity contribution >= 4 is 38.9 Å². The van der Waals surface area contributed by atoms with E-state index in [0.29, 0.717) is 0 Å². The van der Waals surface area contributed by atoms with Crippen LogP contribution in [0, 0.1) is 0 Å². The van der Waals surface area contributed by atoms with Gasteiger partial charge in [0.2, 0.25) is 0 Å². The molecule has 8 heteroatoms. The van der Waals surface area contributed by atoms with E-state index in [-0.39, 0.29) is 28.0 Å². The molecule has 0 aromatic carbocycles. The maximum absolute atomic E-state index is 11.5. The molecule has 0 saturated carbocycles. The van der Waals surface area contributed by atoms with Gasteiger partial charge >= 0.3 is 0 Å². The molecular weight excluding hydrogens is 287 g/mol. The average Bonchev–Trinajstić information content (AvgIpc) is 2.20. The number of halogens is 2. The molecular formula is C9H10Cl2N2O3S. The zero-order valence-electron chi connectivity index (χ0n) is 8.91. The van der Waals surface area contributed by atoms with Gasteiger partial charge in [0.1, 0.15) is 15.0 Å². The molecule has 1 amide bonds. The number of nitrogens with zero attached hydrogens (tertiary/aromatic N) is 1. The summed E-state index contributed by atoms with van der Waals surface area (Å²) < 4.78 is 21.7. The maximum atomic E-state index is 11.5. The van der Waals surface area contributed by atoms with E-state index in [1.807, 2.05) is 0 Å². The average molecular weight is 297 g/mol. The van der Waals surface area contributed by atoms with E-state index in [2.05, 4.69) is 10.3 Å². The predicted octanol–water partition coefficient (Wildman–Crippen LogP) is 1.16. The molecule has 0 aliphatic rings. The van der Waals surface area contributed by atoms with E-state index >= 15 is 0 Å². The van der Waals surface area contributed by atoms with Gasteiger partial charge in [0, 0.05) is 19.0 Å². The van der Waals surface area contributed by atoms with Crippen molar-refractivity contribution in [1.29, 1.82) is 0 Å². The number of amides is 1. The number of carbonyl (C=O) groups excluding carboxylic acids is 1. The second kappa shape index (κ2) is 5.66. The number of pyridine rings is 1. The Hall–Kier alpha value is -0.850. The number of hydrogen-bond donors (Lipinski definition) is 1. The third-order valence-corrected chi connectivity index (χ3v) is 3.45. The van der Waals surface area contributed by atoms with E-state index in [1.165, 1.54) is 12.3 Å². The van der Waals surface area contributed by atoms with Crippen LogP contribution in [0.15, 0.2) is 12.3 Å². The van der Waals surface area contributed by atoms with Gasteiger partial charge in [-0.3, -0.25) is 4.79 Å². The predicted molar refractivity (Wildman–Crippen MR) is 66.3 cm³/mol. The Morgan fingerprint density at radius 3 is 2.65 bits per heavy atom. The molecule has 0 aliphatic carbocycles.